The predicted octanol–water partition coefficient (Wildman–Crippen LogP) is 3.19. The van der Waals surface area contributed by atoms with Gasteiger partial charge >= 0.3 is 0 Å². The van der Waals surface area contributed by atoms with E-state index in [-0.39, 0.29) is 17.8 Å². The van der Waals surface area contributed by atoms with Gasteiger partial charge in [-0.3, -0.25) is 4.79 Å². The SMILES string of the molecule is Cn1c(=NC(=O)Cc2ccccc2)sc2cc(F)cc(F)c21. The van der Waals surface area contributed by atoms with Crippen LogP contribution in [-0.2, 0) is 18.3 Å². The summed E-state index contributed by atoms with van der Waals surface area (Å²) in [6.07, 6.45) is 0.173. The number of halogens is 2. The van der Waals surface area contributed by atoms with Gasteiger partial charge in [0, 0.05) is 13.1 Å². The van der Waals surface area contributed by atoms with Gasteiger partial charge in [0.2, 0.25) is 0 Å². The number of aryl methyl sites for hydroxylation is 1. The molecule has 3 rings (SSSR count). The molecule has 0 saturated carbocycles. The number of amides is 1. The number of hydrogen-bond donors (Lipinski definition) is 0. The molecule has 112 valence electrons. The van der Waals surface area contributed by atoms with Crippen molar-refractivity contribution < 1.29 is 13.6 Å². The van der Waals surface area contributed by atoms with Crippen molar-refractivity contribution in [1.29, 1.82) is 0 Å². The Bertz CT molecular complexity index is 913. The van der Waals surface area contributed by atoms with Crippen LogP contribution in [-0.4, -0.2) is 10.5 Å². The number of hydrogen-bond acceptors (Lipinski definition) is 2. The number of fused-ring (bicyclic) bond motifs is 1. The zero-order chi connectivity index (χ0) is 15.7. The highest BCUT2D eigenvalue weighted by Gasteiger charge is 2.11. The summed E-state index contributed by atoms with van der Waals surface area (Å²) in [4.78, 5) is 16.4. The van der Waals surface area contributed by atoms with Crippen molar-refractivity contribution in [2.75, 3.05) is 0 Å². The first-order valence-corrected chi connectivity index (χ1v) is 7.42. The normalized spacial score (nSPS) is 12.0. The number of benzene rings is 2. The van der Waals surface area contributed by atoms with E-state index in [1.807, 2.05) is 30.3 Å². The molecule has 1 aromatic heterocycles. The summed E-state index contributed by atoms with van der Waals surface area (Å²) in [6, 6.07) is 11.3. The molecule has 0 aliphatic heterocycles. The van der Waals surface area contributed by atoms with E-state index in [4.69, 9.17) is 0 Å². The third-order valence-electron chi connectivity index (χ3n) is 3.24. The summed E-state index contributed by atoms with van der Waals surface area (Å²) in [7, 11) is 1.61. The van der Waals surface area contributed by atoms with Crippen molar-refractivity contribution in [1.82, 2.24) is 4.57 Å². The molecule has 0 bridgehead atoms. The van der Waals surface area contributed by atoms with Crippen LogP contribution in [0.1, 0.15) is 5.56 Å². The van der Waals surface area contributed by atoms with Crippen molar-refractivity contribution in [2.24, 2.45) is 12.0 Å². The van der Waals surface area contributed by atoms with E-state index in [1.165, 1.54) is 10.6 Å². The number of rotatable bonds is 2. The minimum atomic E-state index is -0.661. The number of carbonyl (C=O) groups is 1. The van der Waals surface area contributed by atoms with Crippen molar-refractivity contribution in [2.45, 2.75) is 6.42 Å². The molecule has 6 heteroatoms. The van der Waals surface area contributed by atoms with Crippen LogP contribution in [0.4, 0.5) is 8.78 Å². The van der Waals surface area contributed by atoms with Crippen molar-refractivity contribution in [3.8, 4) is 0 Å². The molecule has 0 unspecified atom stereocenters. The molecule has 0 spiro atoms. The maximum Gasteiger partial charge on any atom is 0.252 e. The van der Waals surface area contributed by atoms with E-state index in [0.29, 0.717) is 9.50 Å². The van der Waals surface area contributed by atoms with E-state index >= 15 is 0 Å². The Hall–Kier alpha value is -2.34. The van der Waals surface area contributed by atoms with Gasteiger partial charge < -0.3 is 4.57 Å². The lowest BCUT2D eigenvalue weighted by atomic mass is 10.1. The molecule has 0 radical (unpaired) electrons. The number of thiazole rings is 1. The minimum absolute atomic E-state index is 0.173. The molecule has 3 aromatic rings. The van der Waals surface area contributed by atoms with Gasteiger partial charge in [-0.05, 0) is 11.6 Å². The topological polar surface area (TPSA) is 34.4 Å². The average Bonchev–Trinajstić information content (AvgIpc) is 2.76. The van der Waals surface area contributed by atoms with Crippen LogP contribution < -0.4 is 4.80 Å². The Labute approximate surface area is 129 Å². The number of aromatic nitrogens is 1. The molecule has 1 amide bonds. The number of nitrogens with zero attached hydrogens (tertiary/aromatic N) is 2. The molecule has 0 aliphatic carbocycles. The van der Waals surface area contributed by atoms with E-state index in [1.54, 1.807) is 7.05 Å². The quantitative estimate of drug-likeness (QED) is 0.714. The summed E-state index contributed by atoms with van der Waals surface area (Å²) in [5, 5.41) is 0. The summed E-state index contributed by atoms with van der Waals surface area (Å²) in [5.41, 5.74) is 1.11. The second-order valence-corrected chi connectivity index (χ2v) is 5.86. The highest BCUT2D eigenvalue weighted by Crippen LogP contribution is 2.21. The van der Waals surface area contributed by atoms with Crippen molar-refractivity contribution in [3.63, 3.8) is 0 Å². The monoisotopic (exact) mass is 318 g/mol. The molecule has 0 aliphatic rings. The van der Waals surface area contributed by atoms with Gasteiger partial charge in [0.05, 0.1) is 16.6 Å². The lowest BCUT2D eigenvalue weighted by Crippen LogP contribution is -2.14. The molecular formula is C16H12F2N2OS. The van der Waals surface area contributed by atoms with Gasteiger partial charge in [-0.15, -0.1) is 0 Å². The minimum Gasteiger partial charge on any atom is -0.317 e. The molecule has 2 aromatic carbocycles. The summed E-state index contributed by atoms with van der Waals surface area (Å²) >= 11 is 1.09. The molecule has 0 saturated heterocycles. The van der Waals surface area contributed by atoms with Crippen LogP contribution in [0.25, 0.3) is 10.2 Å². The predicted molar refractivity (Wildman–Crippen MR) is 81.4 cm³/mol. The molecule has 3 nitrogen and oxygen atoms in total. The summed E-state index contributed by atoms with van der Waals surface area (Å²) < 4.78 is 29.0. The van der Waals surface area contributed by atoms with Gasteiger partial charge in [0.25, 0.3) is 5.91 Å². The third-order valence-corrected chi connectivity index (χ3v) is 4.31. The molecule has 1 heterocycles. The molecule has 0 fully saturated rings. The first-order chi connectivity index (χ1) is 10.5. The zero-order valence-corrected chi connectivity index (χ0v) is 12.5. The lowest BCUT2D eigenvalue weighted by molar-refractivity contribution is -0.117. The Morgan fingerprint density at radius 3 is 2.68 bits per heavy atom. The van der Waals surface area contributed by atoms with Gasteiger partial charge in [-0.1, -0.05) is 41.7 Å². The van der Waals surface area contributed by atoms with Gasteiger partial charge in [-0.25, -0.2) is 8.78 Å². The first-order valence-electron chi connectivity index (χ1n) is 6.60. The Morgan fingerprint density at radius 1 is 1.23 bits per heavy atom. The largest absolute Gasteiger partial charge is 0.317 e. The molecular weight excluding hydrogens is 306 g/mol. The van der Waals surface area contributed by atoms with Crippen LogP contribution >= 0.6 is 11.3 Å². The second-order valence-electron chi connectivity index (χ2n) is 4.85. The smallest absolute Gasteiger partial charge is 0.252 e. The standard InChI is InChI=1S/C16H12F2N2OS/c1-20-15-12(18)8-11(17)9-13(15)22-16(20)19-14(21)7-10-5-3-2-4-6-10/h2-6,8-9H,7H2,1H3. The Kier molecular flexibility index (Phi) is 3.85. The van der Waals surface area contributed by atoms with Gasteiger partial charge in [-0.2, -0.15) is 4.99 Å². The van der Waals surface area contributed by atoms with Gasteiger partial charge in [0.15, 0.2) is 10.6 Å². The Morgan fingerprint density at radius 2 is 1.95 bits per heavy atom. The fourth-order valence-corrected chi connectivity index (χ4v) is 3.30. The molecule has 0 atom stereocenters. The van der Waals surface area contributed by atoms with Crippen molar-refractivity contribution >= 4 is 27.5 Å². The van der Waals surface area contributed by atoms with Crippen LogP contribution in [0.5, 0.6) is 0 Å². The van der Waals surface area contributed by atoms with Crippen molar-refractivity contribution in [3.05, 3.63) is 64.5 Å². The first kappa shape index (κ1) is 14.6. The fourth-order valence-electron chi connectivity index (χ4n) is 2.22. The van der Waals surface area contributed by atoms with Gasteiger partial charge in [0.1, 0.15) is 5.82 Å². The van der Waals surface area contributed by atoms with E-state index in [0.717, 1.165) is 23.0 Å². The highest BCUT2D eigenvalue weighted by atomic mass is 32.1. The summed E-state index contributed by atoms with van der Waals surface area (Å²) in [5.74, 6) is -1.63. The zero-order valence-electron chi connectivity index (χ0n) is 11.7. The average molecular weight is 318 g/mol. The highest BCUT2D eigenvalue weighted by molar-refractivity contribution is 7.16. The second kappa shape index (κ2) is 5.81. The molecule has 22 heavy (non-hydrogen) atoms. The molecule has 0 N–H and O–H groups in total. The van der Waals surface area contributed by atoms with E-state index < -0.39 is 11.6 Å². The van der Waals surface area contributed by atoms with Crippen LogP contribution in [0.3, 0.4) is 0 Å². The maximum absolute atomic E-state index is 13.8. The van der Waals surface area contributed by atoms with Crippen LogP contribution in [0, 0.1) is 11.6 Å². The van der Waals surface area contributed by atoms with E-state index in [2.05, 4.69) is 4.99 Å². The lowest BCUT2D eigenvalue weighted by Gasteiger charge is -1.98. The van der Waals surface area contributed by atoms with Crippen LogP contribution in [0.15, 0.2) is 47.5 Å². The van der Waals surface area contributed by atoms with E-state index in [9.17, 15) is 13.6 Å². The third kappa shape index (κ3) is 2.82. The maximum atomic E-state index is 13.8. The summed E-state index contributed by atoms with van der Waals surface area (Å²) in [6.45, 7) is 0. The van der Waals surface area contributed by atoms with Crippen LogP contribution in [0.2, 0.25) is 0 Å². The Balaban J connectivity index is 2.01. The fraction of sp³-hybridized carbons (Fsp3) is 0.125. The number of carbonyl (C=O) groups excluding carboxylic acids is 1.